The molecule has 2 aromatic carbocycles. The van der Waals surface area contributed by atoms with Crippen LogP contribution >= 0.6 is 0 Å². The van der Waals surface area contributed by atoms with E-state index < -0.39 is 11.8 Å². The van der Waals surface area contributed by atoms with Gasteiger partial charge in [0.2, 0.25) is 0 Å². The molecule has 0 spiro atoms. The summed E-state index contributed by atoms with van der Waals surface area (Å²) >= 11 is 0. The van der Waals surface area contributed by atoms with Crippen LogP contribution in [0.15, 0.2) is 30.3 Å². The van der Waals surface area contributed by atoms with Gasteiger partial charge in [0.25, 0.3) is 0 Å². The molecule has 27 heavy (non-hydrogen) atoms. The molecule has 0 aromatic heterocycles. The third-order valence-corrected chi connectivity index (χ3v) is 4.85. The highest BCUT2D eigenvalue weighted by atomic mass is 19.1. The first kappa shape index (κ1) is 19.0. The van der Waals surface area contributed by atoms with Crippen LogP contribution in [0.2, 0.25) is 0 Å². The number of carbonyl (C=O) groups excluding carboxylic acids is 3. The van der Waals surface area contributed by atoms with Gasteiger partial charge in [-0.2, -0.15) is 0 Å². The molecule has 0 radical (unpaired) electrons. The van der Waals surface area contributed by atoms with E-state index in [4.69, 9.17) is 4.74 Å². The van der Waals surface area contributed by atoms with Crippen LogP contribution < -0.4 is 0 Å². The lowest BCUT2D eigenvalue weighted by Gasteiger charge is -2.17. The first-order valence-electron chi connectivity index (χ1n) is 8.95. The normalized spacial score (nSPS) is 13.2. The zero-order chi connectivity index (χ0) is 19.6. The van der Waals surface area contributed by atoms with Gasteiger partial charge in [0.1, 0.15) is 12.4 Å². The molecule has 2 aromatic rings. The first-order valence-corrected chi connectivity index (χ1v) is 8.95. The number of rotatable bonds is 5. The molecule has 1 aliphatic carbocycles. The van der Waals surface area contributed by atoms with Gasteiger partial charge < -0.3 is 4.74 Å². The fourth-order valence-corrected chi connectivity index (χ4v) is 3.38. The number of halogens is 1. The van der Waals surface area contributed by atoms with E-state index in [1.165, 1.54) is 19.9 Å². The summed E-state index contributed by atoms with van der Waals surface area (Å²) in [6, 6.07) is 8.23. The summed E-state index contributed by atoms with van der Waals surface area (Å²) in [6.45, 7) is 2.80. The Balaban J connectivity index is 1.96. The van der Waals surface area contributed by atoms with Gasteiger partial charge in [-0.25, -0.2) is 4.39 Å². The number of esters is 1. The molecule has 0 atom stereocenters. The van der Waals surface area contributed by atoms with Crippen molar-refractivity contribution in [3.63, 3.8) is 0 Å². The number of carbonyl (C=O) groups is 3. The second-order valence-corrected chi connectivity index (χ2v) is 6.87. The molecular weight excluding hydrogens is 347 g/mol. The van der Waals surface area contributed by atoms with Crippen LogP contribution in [0.3, 0.4) is 0 Å². The summed E-state index contributed by atoms with van der Waals surface area (Å²) in [5.41, 5.74) is 3.81. The number of ketones is 2. The van der Waals surface area contributed by atoms with Gasteiger partial charge in [-0.05, 0) is 54.2 Å². The molecule has 0 saturated heterocycles. The van der Waals surface area contributed by atoms with Gasteiger partial charge in [0.15, 0.2) is 11.6 Å². The highest BCUT2D eigenvalue weighted by Crippen LogP contribution is 2.27. The van der Waals surface area contributed by atoms with E-state index in [0.29, 0.717) is 35.1 Å². The standard InChI is InChI=1S/C22H21FO4/c1-13(24)15-6-7-16(19(8-15)12-27-14(2)25)9-18-10-17-4-3-5-22(26)20(17)11-21(18)23/h6-8,10-11H,3-5,9,12H2,1-2H3. The quantitative estimate of drug-likeness (QED) is 0.586. The minimum Gasteiger partial charge on any atom is -0.461 e. The second kappa shape index (κ2) is 7.82. The number of ether oxygens (including phenoxy) is 1. The topological polar surface area (TPSA) is 60.4 Å². The maximum atomic E-state index is 14.6. The molecule has 1 aliphatic rings. The summed E-state index contributed by atoms with van der Waals surface area (Å²) in [5.74, 6) is -0.946. The summed E-state index contributed by atoms with van der Waals surface area (Å²) in [6.07, 6.45) is 2.30. The van der Waals surface area contributed by atoms with Gasteiger partial charge in [0.05, 0.1) is 0 Å². The largest absolute Gasteiger partial charge is 0.461 e. The predicted molar refractivity (Wildman–Crippen MR) is 98.4 cm³/mol. The Morgan fingerprint density at radius 1 is 1.04 bits per heavy atom. The van der Waals surface area contributed by atoms with Crippen LogP contribution in [-0.4, -0.2) is 17.5 Å². The van der Waals surface area contributed by atoms with Crippen LogP contribution in [0.1, 0.15) is 69.7 Å². The zero-order valence-corrected chi connectivity index (χ0v) is 15.4. The van der Waals surface area contributed by atoms with Crippen LogP contribution in [0, 0.1) is 5.82 Å². The Hall–Kier alpha value is -2.82. The van der Waals surface area contributed by atoms with E-state index in [-0.39, 0.29) is 18.2 Å². The van der Waals surface area contributed by atoms with Crippen molar-refractivity contribution >= 4 is 17.5 Å². The molecule has 0 bridgehead atoms. The van der Waals surface area contributed by atoms with Gasteiger partial charge >= 0.3 is 5.97 Å². The second-order valence-electron chi connectivity index (χ2n) is 6.87. The molecule has 0 heterocycles. The number of fused-ring (bicyclic) bond motifs is 1. The predicted octanol–water partition coefficient (Wildman–Crippen LogP) is 4.20. The van der Waals surface area contributed by atoms with Crippen molar-refractivity contribution in [2.45, 2.75) is 46.1 Å². The molecule has 5 heteroatoms. The van der Waals surface area contributed by atoms with Crippen molar-refractivity contribution < 1.29 is 23.5 Å². The van der Waals surface area contributed by atoms with E-state index in [2.05, 4.69) is 0 Å². The molecule has 140 valence electrons. The third kappa shape index (κ3) is 4.30. The van der Waals surface area contributed by atoms with Gasteiger partial charge in [-0.15, -0.1) is 0 Å². The van der Waals surface area contributed by atoms with Crippen molar-refractivity contribution in [3.8, 4) is 0 Å². The minimum absolute atomic E-state index is 0.0111. The fourth-order valence-electron chi connectivity index (χ4n) is 3.38. The fraction of sp³-hybridized carbons (Fsp3) is 0.318. The lowest BCUT2D eigenvalue weighted by Crippen LogP contribution is -2.13. The monoisotopic (exact) mass is 368 g/mol. The molecule has 0 N–H and O–H groups in total. The average Bonchev–Trinajstić information content (AvgIpc) is 2.62. The SMILES string of the molecule is CC(=O)OCc1cc(C(C)=O)ccc1Cc1cc2c(cc1F)C(=O)CCC2. The molecule has 0 amide bonds. The maximum Gasteiger partial charge on any atom is 0.302 e. The summed E-state index contributed by atoms with van der Waals surface area (Å²) < 4.78 is 19.7. The van der Waals surface area contributed by atoms with E-state index in [1.54, 1.807) is 24.3 Å². The highest BCUT2D eigenvalue weighted by molar-refractivity contribution is 5.98. The molecule has 0 fully saturated rings. The lowest BCUT2D eigenvalue weighted by atomic mass is 9.87. The zero-order valence-electron chi connectivity index (χ0n) is 15.4. The molecular formula is C22H21FO4. The van der Waals surface area contributed by atoms with Gasteiger partial charge in [-0.3, -0.25) is 14.4 Å². The summed E-state index contributed by atoms with van der Waals surface area (Å²) in [4.78, 5) is 34.8. The Morgan fingerprint density at radius 3 is 2.52 bits per heavy atom. The summed E-state index contributed by atoms with van der Waals surface area (Å²) in [5, 5.41) is 0. The lowest BCUT2D eigenvalue weighted by molar-refractivity contribution is -0.142. The van der Waals surface area contributed by atoms with Crippen molar-refractivity contribution in [2.24, 2.45) is 0 Å². The number of hydrogen-bond donors (Lipinski definition) is 0. The molecule has 4 nitrogen and oxygen atoms in total. The van der Waals surface area contributed by atoms with Crippen molar-refractivity contribution in [3.05, 3.63) is 69.5 Å². The van der Waals surface area contributed by atoms with Crippen LogP contribution in [0.25, 0.3) is 0 Å². The molecule has 0 saturated carbocycles. The van der Waals surface area contributed by atoms with Crippen LogP contribution in [-0.2, 0) is 29.0 Å². The Labute approximate surface area is 157 Å². The van der Waals surface area contributed by atoms with E-state index >= 15 is 0 Å². The van der Waals surface area contributed by atoms with Crippen molar-refractivity contribution in [2.75, 3.05) is 0 Å². The molecule has 3 rings (SSSR count). The Morgan fingerprint density at radius 2 is 1.81 bits per heavy atom. The summed E-state index contributed by atoms with van der Waals surface area (Å²) in [7, 11) is 0. The first-order chi connectivity index (χ1) is 12.8. The van der Waals surface area contributed by atoms with Crippen molar-refractivity contribution in [1.29, 1.82) is 0 Å². The van der Waals surface area contributed by atoms with E-state index in [9.17, 15) is 18.8 Å². The average molecular weight is 368 g/mol. The number of hydrogen-bond acceptors (Lipinski definition) is 4. The number of benzene rings is 2. The highest BCUT2D eigenvalue weighted by Gasteiger charge is 2.20. The molecule has 0 aliphatic heterocycles. The van der Waals surface area contributed by atoms with E-state index in [1.807, 2.05) is 0 Å². The van der Waals surface area contributed by atoms with Crippen LogP contribution in [0.4, 0.5) is 4.39 Å². The van der Waals surface area contributed by atoms with E-state index in [0.717, 1.165) is 24.0 Å². The van der Waals surface area contributed by atoms with Crippen molar-refractivity contribution in [1.82, 2.24) is 0 Å². The third-order valence-electron chi connectivity index (χ3n) is 4.85. The van der Waals surface area contributed by atoms with Crippen LogP contribution in [0.5, 0.6) is 0 Å². The van der Waals surface area contributed by atoms with Gasteiger partial charge in [0, 0.05) is 30.9 Å². The smallest absolute Gasteiger partial charge is 0.302 e. The molecule has 0 unspecified atom stereocenters. The Bertz CT molecular complexity index is 930. The maximum absolute atomic E-state index is 14.6. The minimum atomic E-state index is -0.423. The number of Topliss-reactive ketones (excluding diaryl/α,β-unsaturated/α-hetero) is 2. The van der Waals surface area contributed by atoms with Gasteiger partial charge in [-0.1, -0.05) is 18.2 Å². The Kier molecular flexibility index (Phi) is 5.49. The number of aryl methyl sites for hydroxylation is 1.